The summed E-state index contributed by atoms with van der Waals surface area (Å²) in [5, 5.41) is 11.5. The van der Waals surface area contributed by atoms with E-state index in [0.29, 0.717) is 28.7 Å². The SMILES string of the molecule is Cc1cccc(OCc2ccc(-c3n[nH]c(=S)n3-c3cn(C)nc3C)o2)c1. The smallest absolute Gasteiger partial charge is 0.203 e. The van der Waals surface area contributed by atoms with Crippen molar-refractivity contribution in [3.8, 4) is 23.0 Å². The molecule has 4 rings (SSSR count). The number of aryl methyl sites for hydroxylation is 3. The van der Waals surface area contributed by atoms with Gasteiger partial charge in [-0.1, -0.05) is 12.1 Å². The van der Waals surface area contributed by atoms with Crippen molar-refractivity contribution >= 4 is 12.2 Å². The topological polar surface area (TPSA) is 73.8 Å². The van der Waals surface area contributed by atoms with Crippen LogP contribution in [0.4, 0.5) is 0 Å². The predicted molar refractivity (Wildman–Crippen MR) is 103 cm³/mol. The van der Waals surface area contributed by atoms with Gasteiger partial charge in [-0.25, -0.2) is 0 Å². The first-order chi connectivity index (χ1) is 13.0. The van der Waals surface area contributed by atoms with Crippen molar-refractivity contribution in [1.82, 2.24) is 24.5 Å². The highest BCUT2D eigenvalue weighted by Crippen LogP contribution is 2.25. The Morgan fingerprint density at radius 2 is 2.07 bits per heavy atom. The summed E-state index contributed by atoms with van der Waals surface area (Å²) in [7, 11) is 1.87. The Labute approximate surface area is 161 Å². The van der Waals surface area contributed by atoms with Crippen molar-refractivity contribution in [3.63, 3.8) is 0 Å². The average Bonchev–Trinajstić information content (AvgIpc) is 3.32. The number of nitrogens with one attached hydrogen (secondary N) is 1. The van der Waals surface area contributed by atoms with E-state index in [-0.39, 0.29) is 0 Å². The molecule has 0 spiro atoms. The lowest BCUT2D eigenvalue weighted by Crippen LogP contribution is -1.98. The molecular formula is C19H19N5O2S. The van der Waals surface area contributed by atoms with Crippen molar-refractivity contribution in [2.75, 3.05) is 0 Å². The Hall–Kier alpha value is -3.13. The normalized spacial score (nSPS) is 11.1. The van der Waals surface area contributed by atoms with Crippen LogP contribution >= 0.6 is 12.2 Å². The molecular weight excluding hydrogens is 362 g/mol. The second kappa shape index (κ2) is 6.88. The number of furan rings is 1. The minimum Gasteiger partial charge on any atom is -0.486 e. The van der Waals surface area contributed by atoms with Crippen molar-refractivity contribution in [3.05, 3.63) is 64.4 Å². The molecule has 1 N–H and O–H groups in total. The standard InChI is InChI=1S/C19H19N5O2S/c1-12-5-4-6-14(9-12)25-11-15-7-8-17(26-15)18-20-21-19(27)24(18)16-10-23(3)22-13(16)2/h4-10H,11H2,1-3H3,(H,21,27). The van der Waals surface area contributed by atoms with E-state index in [1.165, 1.54) is 0 Å². The molecule has 0 saturated heterocycles. The van der Waals surface area contributed by atoms with Crippen molar-refractivity contribution in [2.45, 2.75) is 20.5 Å². The van der Waals surface area contributed by atoms with Crippen LogP contribution in [-0.2, 0) is 13.7 Å². The van der Waals surface area contributed by atoms with Gasteiger partial charge in [0.2, 0.25) is 5.82 Å². The van der Waals surface area contributed by atoms with Gasteiger partial charge >= 0.3 is 0 Å². The van der Waals surface area contributed by atoms with Crippen LogP contribution in [0.2, 0.25) is 0 Å². The third kappa shape index (κ3) is 3.43. The maximum absolute atomic E-state index is 5.94. The van der Waals surface area contributed by atoms with Gasteiger partial charge in [0.1, 0.15) is 18.1 Å². The Kier molecular flexibility index (Phi) is 4.41. The predicted octanol–water partition coefficient (Wildman–Crippen LogP) is 4.12. The second-order valence-electron chi connectivity index (χ2n) is 6.33. The fraction of sp³-hybridized carbons (Fsp3) is 0.211. The van der Waals surface area contributed by atoms with E-state index in [0.717, 1.165) is 22.7 Å². The maximum atomic E-state index is 5.94. The van der Waals surface area contributed by atoms with E-state index in [1.54, 1.807) is 4.68 Å². The Bertz CT molecular complexity index is 1150. The molecule has 0 aliphatic heterocycles. The lowest BCUT2D eigenvalue weighted by atomic mass is 10.2. The molecule has 0 bridgehead atoms. The van der Waals surface area contributed by atoms with Crippen LogP contribution in [0.1, 0.15) is 17.0 Å². The maximum Gasteiger partial charge on any atom is 0.203 e. The molecule has 0 unspecified atom stereocenters. The lowest BCUT2D eigenvalue weighted by Gasteiger charge is -2.05. The minimum atomic E-state index is 0.334. The fourth-order valence-electron chi connectivity index (χ4n) is 2.93. The highest BCUT2D eigenvalue weighted by Gasteiger charge is 2.17. The van der Waals surface area contributed by atoms with Gasteiger partial charge < -0.3 is 9.15 Å². The number of aromatic amines is 1. The molecule has 4 aromatic rings. The summed E-state index contributed by atoms with van der Waals surface area (Å²) in [5.74, 6) is 2.71. The number of H-pyrrole nitrogens is 1. The highest BCUT2D eigenvalue weighted by atomic mass is 32.1. The van der Waals surface area contributed by atoms with Gasteiger partial charge in [0.05, 0.1) is 11.4 Å². The van der Waals surface area contributed by atoms with Crippen LogP contribution < -0.4 is 4.74 Å². The largest absolute Gasteiger partial charge is 0.486 e. The van der Waals surface area contributed by atoms with Crippen LogP contribution in [0.15, 0.2) is 47.0 Å². The molecule has 3 aromatic heterocycles. The van der Waals surface area contributed by atoms with Crippen LogP contribution in [0.25, 0.3) is 17.3 Å². The number of rotatable bonds is 5. The molecule has 0 radical (unpaired) electrons. The van der Waals surface area contributed by atoms with E-state index >= 15 is 0 Å². The van der Waals surface area contributed by atoms with Crippen LogP contribution in [-0.4, -0.2) is 24.5 Å². The summed E-state index contributed by atoms with van der Waals surface area (Å²) >= 11 is 5.40. The number of ether oxygens (including phenoxy) is 1. The molecule has 0 fully saturated rings. The molecule has 0 atom stereocenters. The molecule has 8 heteroatoms. The van der Waals surface area contributed by atoms with Gasteiger partial charge in [-0.3, -0.25) is 14.3 Å². The molecule has 1 aromatic carbocycles. The number of nitrogens with zero attached hydrogens (tertiary/aromatic N) is 4. The summed E-state index contributed by atoms with van der Waals surface area (Å²) in [6, 6.07) is 11.6. The number of hydrogen-bond donors (Lipinski definition) is 1. The lowest BCUT2D eigenvalue weighted by molar-refractivity contribution is 0.271. The van der Waals surface area contributed by atoms with Gasteiger partial charge in [0.15, 0.2) is 10.5 Å². The Balaban J connectivity index is 1.61. The zero-order valence-corrected chi connectivity index (χ0v) is 16.1. The zero-order valence-electron chi connectivity index (χ0n) is 15.3. The number of hydrogen-bond acceptors (Lipinski definition) is 5. The molecule has 0 saturated carbocycles. The zero-order chi connectivity index (χ0) is 19.0. The highest BCUT2D eigenvalue weighted by molar-refractivity contribution is 7.71. The van der Waals surface area contributed by atoms with Crippen molar-refractivity contribution < 1.29 is 9.15 Å². The van der Waals surface area contributed by atoms with Gasteiger partial charge in [-0.2, -0.15) is 10.2 Å². The van der Waals surface area contributed by atoms with Crippen molar-refractivity contribution in [2.24, 2.45) is 7.05 Å². The minimum absolute atomic E-state index is 0.334. The monoisotopic (exact) mass is 381 g/mol. The summed E-state index contributed by atoms with van der Waals surface area (Å²) in [4.78, 5) is 0. The van der Waals surface area contributed by atoms with E-state index in [4.69, 9.17) is 21.4 Å². The first kappa shape index (κ1) is 17.3. The molecule has 27 heavy (non-hydrogen) atoms. The van der Waals surface area contributed by atoms with Gasteiger partial charge in [-0.15, -0.1) is 0 Å². The van der Waals surface area contributed by atoms with E-state index in [9.17, 15) is 0 Å². The van der Waals surface area contributed by atoms with Crippen LogP contribution in [0, 0.1) is 18.6 Å². The number of benzene rings is 1. The summed E-state index contributed by atoms with van der Waals surface area (Å²) in [6.45, 7) is 4.29. The first-order valence-electron chi connectivity index (χ1n) is 8.48. The molecule has 7 nitrogen and oxygen atoms in total. The first-order valence-corrected chi connectivity index (χ1v) is 8.88. The van der Waals surface area contributed by atoms with E-state index in [2.05, 4.69) is 15.3 Å². The van der Waals surface area contributed by atoms with Gasteiger partial charge in [0, 0.05) is 13.2 Å². The van der Waals surface area contributed by atoms with E-state index in [1.807, 2.05) is 68.1 Å². The van der Waals surface area contributed by atoms with Crippen LogP contribution in [0.3, 0.4) is 0 Å². The molecule has 138 valence electrons. The summed E-state index contributed by atoms with van der Waals surface area (Å²) < 4.78 is 15.8. The Morgan fingerprint density at radius 3 is 2.81 bits per heavy atom. The van der Waals surface area contributed by atoms with Crippen LogP contribution in [0.5, 0.6) is 5.75 Å². The quantitative estimate of drug-likeness (QED) is 0.527. The van der Waals surface area contributed by atoms with Gasteiger partial charge in [-0.05, 0) is 55.9 Å². The van der Waals surface area contributed by atoms with Gasteiger partial charge in [0.25, 0.3) is 0 Å². The Morgan fingerprint density at radius 1 is 1.22 bits per heavy atom. The molecule has 0 aliphatic rings. The third-order valence-electron chi connectivity index (χ3n) is 4.15. The van der Waals surface area contributed by atoms with Crippen molar-refractivity contribution in [1.29, 1.82) is 0 Å². The second-order valence-corrected chi connectivity index (χ2v) is 6.72. The average molecular weight is 381 g/mol. The molecule has 3 heterocycles. The molecule has 0 amide bonds. The summed E-state index contributed by atoms with van der Waals surface area (Å²) in [6.07, 6.45) is 1.90. The fourth-order valence-corrected chi connectivity index (χ4v) is 3.16. The number of aromatic nitrogens is 5. The third-order valence-corrected chi connectivity index (χ3v) is 4.43. The molecule has 0 aliphatic carbocycles. The summed E-state index contributed by atoms with van der Waals surface area (Å²) in [5.41, 5.74) is 2.86. The van der Waals surface area contributed by atoms with E-state index < -0.39 is 0 Å².